The molecule has 0 saturated heterocycles. The largest absolute Gasteiger partial charge is 0.489 e. The number of carbonyl (C=O) groups is 1. The molecule has 1 aliphatic heterocycles. The molecule has 0 aromatic heterocycles. The predicted molar refractivity (Wildman–Crippen MR) is 73.8 cm³/mol. The third-order valence-electron chi connectivity index (χ3n) is 3.06. The molecule has 0 radical (unpaired) electrons. The maximum atomic E-state index is 12.2. The number of rotatable bonds is 5. The number of para-hydroxylation sites is 1. The molecule has 0 spiro atoms. The molecule has 5 heteroatoms. The van der Waals surface area contributed by atoms with Gasteiger partial charge in [-0.3, -0.25) is 4.79 Å². The van der Waals surface area contributed by atoms with E-state index in [1.54, 1.807) is 13.2 Å². The molecule has 1 unspecified atom stereocenters. The Labute approximate surface area is 113 Å². The SMILES string of the molecule is COCCC(C)NC(=O)c1cccc2c1OCCN2. The number of anilines is 1. The van der Waals surface area contributed by atoms with Crippen LogP contribution in [0.1, 0.15) is 23.7 Å². The third kappa shape index (κ3) is 3.38. The van der Waals surface area contributed by atoms with Crippen molar-refractivity contribution in [3.63, 3.8) is 0 Å². The van der Waals surface area contributed by atoms with E-state index in [0.717, 1.165) is 18.7 Å². The van der Waals surface area contributed by atoms with Crippen molar-refractivity contribution < 1.29 is 14.3 Å². The first-order valence-corrected chi connectivity index (χ1v) is 6.52. The predicted octanol–water partition coefficient (Wildman–Crippen LogP) is 1.65. The number of hydrogen-bond acceptors (Lipinski definition) is 4. The average molecular weight is 264 g/mol. The van der Waals surface area contributed by atoms with E-state index in [2.05, 4.69) is 10.6 Å². The summed E-state index contributed by atoms with van der Waals surface area (Å²) in [6, 6.07) is 5.62. The van der Waals surface area contributed by atoms with Gasteiger partial charge in [-0.1, -0.05) is 6.07 Å². The van der Waals surface area contributed by atoms with Crippen LogP contribution in [0, 0.1) is 0 Å². The normalized spacial score (nSPS) is 14.8. The van der Waals surface area contributed by atoms with E-state index in [-0.39, 0.29) is 11.9 Å². The van der Waals surface area contributed by atoms with Crippen LogP contribution in [-0.4, -0.2) is 38.8 Å². The molecule has 1 aliphatic rings. The molecular formula is C14H20N2O3. The molecule has 19 heavy (non-hydrogen) atoms. The summed E-state index contributed by atoms with van der Waals surface area (Å²) < 4.78 is 10.6. The zero-order valence-electron chi connectivity index (χ0n) is 11.4. The lowest BCUT2D eigenvalue weighted by molar-refractivity contribution is 0.0925. The topological polar surface area (TPSA) is 59.6 Å². The lowest BCUT2D eigenvalue weighted by atomic mass is 10.1. The first-order valence-electron chi connectivity index (χ1n) is 6.52. The van der Waals surface area contributed by atoms with Crippen LogP contribution in [0.4, 0.5) is 5.69 Å². The van der Waals surface area contributed by atoms with Crippen LogP contribution in [0.3, 0.4) is 0 Å². The van der Waals surface area contributed by atoms with Gasteiger partial charge in [0.25, 0.3) is 5.91 Å². The molecule has 0 fully saturated rings. The second kappa shape index (κ2) is 6.43. The number of fused-ring (bicyclic) bond motifs is 1. The fourth-order valence-electron chi connectivity index (χ4n) is 2.02. The van der Waals surface area contributed by atoms with Crippen molar-refractivity contribution in [1.29, 1.82) is 0 Å². The summed E-state index contributed by atoms with van der Waals surface area (Å²) in [7, 11) is 1.65. The van der Waals surface area contributed by atoms with Gasteiger partial charge in [-0.15, -0.1) is 0 Å². The zero-order chi connectivity index (χ0) is 13.7. The molecule has 104 valence electrons. The Morgan fingerprint density at radius 3 is 3.21 bits per heavy atom. The van der Waals surface area contributed by atoms with E-state index >= 15 is 0 Å². The summed E-state index contributed by atoms with van der Waals surface area (Å²) in [5, 5.41) is 6.17. The fraction of sp³-hybridized carbons (Fsp3) is 0.500. The first kappa shape index (κ1) is 13.7. The minimum Gasteiger partial charge on any atom is -0.489 e. The zero-order valence-corrected chi connectivity index (χ0v) is 11.4. The molecule has 1 aromatic rings. The van der Waals surface area contributed by atoms with Gasteiger partial charge in [0, 0.05) is 26.3 Å². The third-order valence-corrected chi connectivity index (χ3v) is 3.06. The number of carbonyl (C=O) groups excluding carboxylic acids is 1. The smallest absolute Gasteiger partial charge is 0.255 e. The number of benzene rings is 1. The van der Waals surface area contributed by atoms with E-state index in [1.165, 1.54) is 0 Å². The Kier molecular flexibility index (Phi) is 4.63. The summed E-state index contributed by atoms with van der Waals surface area (Å²) in [4.78, 5) is 12.2. The fourth-order valence-corrected chi connectivity index (χ4v) is 2.02. The van der Waals surface area contributed by atoms with Gasteiger partial charge in [-0.05, 0) is 25.5 Å². The highest BCUT2D eigenvalue weighted by Crippen LogP contribution is 2.31. The van der Waals surface area contributed by atoms with Crippen LogP contribution in [0.25, 0.3) is 0 Å². The van der Waals surface area contributed by atoms with E-state index in [9.17, 15) is 4.79 Å². The van der Waals surface area contributed by atoms with Crippen molar-refractivity contribution in [2.45, 2.75) is 19.4 Å². The number of hydrogen-bond donors (Lipinski definition) is 2. The van der Waals surface area contributed by atoms with Crippen LogP contribution >= 0.6 is 0 Å². The monoisotopic (exact) mass is 264 g/mol. The highest BCUT2D eigenvalue weighted by Gasteiger charge is 2.19. The standard InChI is InChI=1S/C14H20N2O3/c1-10(6-8-18-2)16-14(17)11-4-3-5-12-13(11)19-9-7-15-12/h3-5,10,15H,6-9H2,1-2H3,(H,16,17). The van der Waals surface area contributed by atoms with Crippen molar-refractivity contribution in [3.8, 4) is 5.75 Å². The minimum absolute atomic E-state index is 0.0693. The van der Waals surface area contributed by atoms with Crippen LogP contribution in [0.2, 0.25) is 0 Å². The Balaban J connectivity index is 2.07. The Morgan fingerprint density at radius 2 is 2.42 bits per heavy atom. The van der Waals surface area contributed by atoms with E-state index in [1.807, 2.05) is 19.1 Å². The summed E-state index contributed by atoms with van der Waals surface area (Å²) in [5.74, 6) is 0.536. The summed E-state index contributed by atoms with van der Waals surface area (Å²) in [6.07, 6.45) is 0.788. The lowest BCUT2D eigenvalue weighted by Crippen LogP contribution is -2.34. The van der Waals surface area contributed by atoms with Gasteiger partial charge in [-0.25, -0.2) is 0 Å². The van der Waals surface area contributed by atoms with E-state index < -0.39 is 0 Å². The van der Waals surface area contributed by atoms with Gasteiger partial charge >= 0.3 is 0 Å². The Hall–Kier alpha value is -1.75. The van der Waals surface area contributed by atoms with Crippen molar-refractivity contribution in [2.75, 3.05) is 32.2 Å². The van der Waals surface area contributed by atoms with Gasteiger partial charge < -0.3 is 20.1 Å². The Morgan fingerprint density at radius 1 is 1.58 bits per heavy atom. The molecule has 0 aliphatic carbocycles. The van der Waals surface area contributed by atoms with Crippen LogP contribution in [-0.2, 0) is 4.74 Å². The number of amides is 1. The van der Waals surface area contributed by atoms with Crippen molar-refractivity contribution >= 4 is 11.6 Å². The maximum Gasteiger partial charge on any atom is 0.255 e. The average Bonchev–Trinajstić information content (AvgIpc) is 2.44. The lowest BCUT2D eigenvalue weighted by Gasteiger charge is -2.22. The maximum absolute atomic E-state index is 12.2. The van der Waals surface area contributed by atoms with Crippen molar-refractivity contribution in [1.82, 2.24) is 5.32 Å². The van der Waals surface area contributed by atoms with Crippen LogP contribution in [0.5, 0.6) is 5.75 Å². The molecule has 1 atom stereocenters. The van der Waals surface area contributed by atoms with Crippen molar-refractivity contribution in [3.05, 3.63) is 23.8 Å². The molecule has 0 saturated carbocycles. The molecule has 2 N–H and O–H groups in total. The number of ether oxygens (including phenoxy) is 2. The van der Waals surface area contributed by atoms with Crippen molar-refractivity contribution in [2.24, 2.45) is 0 Å². The van der Waals surface area contributed by atoms with Gasteiger partial charge in [0.15, 0.2) is 5.75 Å². The first-order chi connectivity index (χ1) is 9.22. The summed E-state index contributed by atoms with van der Waals surface area (Å²) >= 11 is 0. The van der Waals surface area contributed by atoms with Gasteiger partial charge in [0.05, 0.1) is 11.3 Å². The molecule has 1 heterocycles. The van der Waals surface area contributed by atoms with Gasteiger partial charge in [-0.2, -0.15) is 0 Å². The number of nitrogens with one attached hydrogen (secondary N) is 2. The summed E-state index contributed by atoms with van der Waals surface area (Å²) in [5.41, 5.74) is 1.46. The highest BCUT2D eigenvalue weighted by atomic mass is 16.5. The molecule has 1 amide bonds. The molecule has 1 aromatic carbocycles. The Bertz CT molecular complexity index is 448. The molecule has 2 rings (SSSR count). The highest BCUT2D eigenvalue weighted by molar-refractivity contribution is 5.99. The summed E-state index contributed by atoms with van der Waals surface area (Å²) in [6.45, 7) is 3.94. The number of methoxy groups -OCH3 is 1. The minimum atomic E-state index is -0.107. The second-order valence-electron chi connectivity index (χ2n) is 4.61. The van der Waals surface area contributed by atoms with E-state index in [4.69, 9.17) is 9.47 Å². The molecular weight excluding hydrogens is 244 g/mol. The van der Waals surface area contributed by atoms with Gasteiger partial charge in [0.2, 0.25) is 0 Å². The quantitative estimate of drug-likeness (QED) is 0.849. The van der Waals surface area contributed by atoms with E-state index in [0.29, 0.717) is 24.5 Å². The van der Waals surface area contributed by atoms with Gasteiger partial charge in [0.1, 0.15) is 6.61 Å². The second-order valence-corrected chi connectivity index (χ2v) is 4.61. The van der Waals surface area contributed by atoms with Crippen LogP contribution < -0.4 is 15.4 Å². The molecule has 0 bridgehead atoms. The van der Waals surface area contributed by atoms with Crippen LogP contribution in [0.15, 0.2) is 18.2 Å². The molecule has 5 nitrogen and oxygen atoms in total.